The number of pyridine rings is 1. The lowest BCUT2D eigenvalue weighted by atomic mass is 10.0. The van der Waals surface area contributed by atoms with Crippen molar-refractivity contribution < 1.29 is 4.57 Å². The highest BCUT2D eigenvalue weighted by Crippen LogP contribution is 2.29. The van der Waals surface area contributed by atoms with Crippen LogP contribution in [0.5, 0.6) is 0 Å². The first-order valence-electron chi connectivity index (χ1n) is 9.02. The van der Waals surface area contributed by atoms with Gasteiger partial charge < -0.3 is 5.32 Å². The average Bonchev–Trinajstić information content (AvgIpc) is 2.63. The van der Waals surface area contributed by atoms with Crippen LogP contribution in [-0.4, -0.2) is 6.54 Å². The molecule has 0 unspecified atom stereocenters. The summed E-state index contributed by atoms with van der Waals surface area (Å²) >= 11 is 0. The highest BCUT2D eigenvalue weighted by Gasteiger charge is 2.15. The second kappa shape index (κ2) is 7.96. The lowest BCUT2D eigenvalue weighted by molar-refractivity contribution is -0.644. The van der Waals surface area contributed by atoms with Crippen molar-refractivity contribution in [2.75, 3.05) is 11.9 Å². The van der Waals surface area contributed by atoms with Crippen LogP contribution in [0.25, 0.3) is 22.0 Å². The minimum atomic E-state index is 1.04. The van der Waals surface area contributed by atoms with Crippen molar-refractivity contribution in [3.8, 4) is 11.1 Å². The molecule has 0 saturated heterocycles. The molecule has 2 nitrogen and oxygen atoms in total. The van der Waals surface area contributed by atoms with Crippen LogP contribution in [0, 0.1) is 0 Å². The Morgan fingerprint density at radius 2 is 1.71 bits per heavy atom. The number of hydrogen-bond donors (Lipinski definition) is 1. The number of benzene rings is 2. The van der Waals surface area contributed by atoms with Gasteiger partial charge in [-0.3, -0.25) is 0 Å². The van der Waals surface area contributed by atoms with Crippen molar-refractivity contribution in [1.29, 1.82) is 0 Å². The Kier molecular flexibility index (Phi) is 5.47. The summed E-state index contributed by atoms with van der Waals surface area (Å²) in [5.41, 5.74) is 5.06. The molecule has 0 radical (unpaired) electrons. The third-order valence-corrected chi connectivity index (χ3v) is 4.57. The van der Waals surface area contributed by atoms with Crippen LogP contribution in [0.3, 0.4) is 0 Å². The van der Waals surface area contributed by atoms with Gasteiger partial charge in [0.05, 0.1) is 16.6 Å². The van der Waals surface area contributed by atoms with Crippen molar-refractivity contribution in [1.82, 2.24) is 0 Å². The van der Waals surface area contributed by atoms with E-state index in [1.54, 1.807) is 0 Å². The van der Waals surface area contributed by atoms with Crippen LogP contribution >= 0.6 is 0 Å². The van der Waals surface area contributed by atoms with Crippen molar-refractivity contribution in [3.63, 3.8) is 0 Å². The fraction of sp³-hybridized carbons (Fsp3) is 0.318. The van der Waals surface area contributed by atoms with Crippen LogP contribution in [0.2, 0.25) is 0 Å². The topological polar surface area (TPSA) is 15.9 Å². The number of fused-ring (bicyclic) bond motifs is 1. The quantitative estimate of drug-likeness (QED) is 0.460. The van der Waals surface area contributed by atoms with E-state index in [1.165, 1.54) is 53.4 Å². The zero-order chi connectivity index (χ0) is 16.8. The summed E-state index contributed by atoms with van der Waals surface area (Å²) in [6.07, 6.45) is 7.30. The summed E-state index contributed by atoms with van der Waals surface area (Å²) in [7, 11) is 2.12. The fourth-order valence-corrected chi connectivity index (χ4v) is 3.27. The van der Waals surface area contributed by atoms with E-state index in [9.17, 15) is 0 Å². The summed E-state index contributed by atoms with van der Waals surface area (Å²) in [4.78, 5) is 0. The van der Waals surface area contributed by atoms with Gasteiger partial charge in [0.25, 0.3) is 0 Å². The van der Waals surface area contributed by atoms with E-state index in [-0.39, 0.29) is 0 Å². The molecule has 0 spiro atoms. The molecule has 1 heterocycles. The molecule has 2 heteroatoms. The van der Waals surface area contributed by atoms with E-state index in [1.807, 2.05) is 0 Å². The van der Waals surface area contributed by atoms with Gasteiger partial charge in [0.2, 0.25) is 5.52 Å². The molecule has 1 N–H and O–H groups in total. The molecule has 24 heavy (non-hydrogen) atoms. The van der Waals surface area contributed by atoms with E-state index in [0.29, 0.717) is 0 Å². The maximum Gasteiger partial charge on any atom is 0.222 e. The number of nitrogens with zero attached hydrogens (tertiary/aromatic N) is 1. The lowest BCUT2D eigenvalue weighted by Gasteiger charge is -2.11. The molecular weight excluding hydrogens is 292 g/mol. The van der Waals surface area contributed by atoms with E-state index in [0.717, 1.165) is 6.54 Å². The number of aryl methyl sites for hydroxylation is 1. The van der Waals surface area contributed by atoms with Gasteiger partial charge in [0.15, 0.2) is 6.20 Å². The minimum absolute atomic E-state index is 1.04. The van der Waals surface area contributed by atoms with Crippen molar-refractivity contribution in [2.24, 2.45) is 7.05 Å². The Labute approximate surface area is 145 Å². The maximum absolute atomic E-state index is 3.64. The first-order valence-corrected chi connectivity index (χ1v) is 9.02. The Morgan fingerprint density at radius 3 is 2.50 bits per heavy atom. The first kappa shape index (κ1) is 16.5. The number of unbranched alkanes of at least 4 members (excludes halogenated alkanes) is 3. The first-order chi connectivity index (χ1) is 11.8. The molecule has 2 aromatic carbocycles. The normalized spacial score (nSPS) is 10.9. The van der Waals surface area contributed by atoms with Crippen LogP contribution in [0.15, 0.2) is 60.8 Å². The Bertz CT molecular complexity index is 794. The van der Waals surface area contributed by atoms with Gasteiger partial charge in [-0.05, 0) is 24.1 Å². The SMILES string of the molecule is CCCCCCNc1cc[n+](C)c2c(-c3ccccc3)cccc12. The highest BCUT2D eigenvalue weighted by atomic mass is 14.9. The largest absolute Gasteiger partial charge is 0.384 e. The number of para-hydroxylation sites is 1. The number of rotatable bonds is 7. The monoisotopic (exact) mass is 319 g/mol. The zero-order valence-corrected chi connectivity index (χ0v) is 14.8. The fourth-order valence-electron chi connectivity index (χ4n) is 3.27. The lowest BCUT2D eigenvalue weighted by Crippen LogP contribution is -2.29. The Hall–Kier alpha value is -2.35. The van der Waals surface area contributed by atoms with Crippen molar-refractivity contribution >= 4 is 16.6 Å². The molecule has 0 saturated carbocycles. The van der Waals surface area contributed by atoms with E-state index in [2.05, 4.69) is 84.6 Å². The van der Waals surface area contributed by atoms with Crippen molar-refractivity contribution in [2.45, 2.75) is 32.6 Å². The standard InChI is InChI=1S/C22H26N2/c1-3-4-5-9-16-23-21-15-17-24(2)22-19(13-10-14-20(21)22)18-11-7-6-8-12-18/h6-8,10-15,17H,3-5,9,16H2,1-2H3/p+1. The van der Waals surface area contributed by atoms with E-state index >= 15 is 0 Å². The van der Waals surface area contributed by atoms with Crippen LogP contribution in [0.4, 0.5) is 5.69 Å². The number of anilines is 1. The van der Waals surface area contributed by atoms with E-state index < -0.39 is 0 Å². The molecule has 124 valence electrons. The van der Waals surface area contributed by atoms with Gasteiger partial charge in [-0.1, -0.05) is 62.6 Å². The van der Waals surface area contributed by atoms with Gasteiger partial charge in [0.1, 0.15) is 7.05 Å². The number of hydrogen-bond acceptors (Lipinski definition) is 1. The van der Waals surface area contributed by atoms with Crippen LogP contribution in [-0.2, 0) is 7.05 Å². The molecule has 1 aromatic heterocycles. The van der Waals surface area contributed by atoms with Crippen LogP contribution < -0.4 is 9.88 Å². The van der Waals surface area contributed by atoms with Gasteiger partial charge >= 0.3 is 0 Å². The second-order valence-corrected chi connectivity index (χ2v) is 6.40. The highest BCUT2D eigenvalue weighted by molar-refractivity contribution is 5.98. The number of aromatic nitrogens is 1. The maximum atomic E-state index is 3.64. The second-order valence-electron chi connectivity index (χ2n) is 6.40. The molecule has 0 bridgehead atoms. The van der Waals surface area contributed by atoms with Gasteiger partial charge in [-0.2, -0.15) is 0 Å². The van der Waals surface area contributed by atoms with Crippen molar-refractivity contribution in [3.05, 3.63) is 60.8 Å². The summed E-state index contributed by atoms with van der Waals surface area (Å²) < 4.78 is 2.22. The molecule has 0 fully saturated rings. The summed E-state index contributed by atoms with van der Waals surface area (Å²) in [5.74, 6) is 0. The predicted molar refractivity (Wildman–Crippen MR) is 103 cm³/mol. The molecular formula is C22H27N2+. The third kappa shape index (κ3) is 3.59. The molecule has 0 atom stereocenters. The zero-order valence-electron chi connectivity index (χ0n) is 14.8. The molecule has 0 aliphatic heterocycles. The molecule has 0 amide bonds. The average molecular weight is 319 g/mol. The van der Waals surface area contributed by atoms with Gasteiger partial charge in [-0.25, -0.2) is 4.57 Å². The molecule has 3 aromatic rings. The number of nitrogens with one attached hydrogen (secondary N) is 1. The molecule has 3 rings (SSSR count). The van der Waals surface area contributed by atoms with E-state index in [4.69, 9.17) is 0 Å². The van der Waals surface area contributed by atoms with Gasteiger partial charge in [-0.15, -0.1) is 0 Å². The Morgan fingerprint density at radius 1 is 0.875 bits per heavy atom. The third-order valence-electron chi connectivity index (χ3n) is 4.57. The van der Waals surface area contributed by atoms with Crippen LogP contribution in [0.1, 0.15) is 32.6 Å². The smallest absolute Gasteiger partial charge is 0.222 e. The summed E-state index contributed by atoms with van der Waals surface area (Å²) in [6, 6.07) is 19.4. The summed E-state index contributed by atoms with van der Waals surface area (Å²) in [6.45, 7) is 3.29. The summed E-state index contributed by atoms with van der Waals surface area (Å²) in [5, 5.41) is 4.93. The van der Waals surface area contributed by atoms with Gasteiger partial charge in [0, 0.05) is 12.6 Å². The predicted octanol–water partition coefficient (Wildman–Crippen LogP) is 5.32. The minimum Gasteiger partial charge on any atom is -0.384 e. The molecule has 0 aliphatic carbocycles. The molecule has 0 aliphatic rings. The Balaban J connectivity index is 1.94.